The number of aliphatic carboxylic acids is 1. The van der Waals surface area contributed by atoms with E-state index in [1.807, 2.05) is 18.2 Å². The number of carboxylic acids is 1. The lowest BCUT2D eigenvalue weighted by molar-refractivity contribution is -0.143. The number of para-hydroxylation sites is 2. The summed E-state index contributed by atoms with van der Waals surface area (Å²) in [5.74, 6) is -1.08. The molecule has 2 fully saturated rings. The molecular formula is C18H25N3O3. The summed E-state index contributed by atoms with van der Waals surface area (Å²) in [4.78, 5) is 27.6. The van der Waals surface area contributed by atoms with Gasteiger partial charge in [-0.2, -0.15) is 0 Å². The summed E-state index contributed by atoms with van der Waals surface area (Å²) in [7, 11) is 0. The summed E-state index contributed by atoms with van der Waals surface area (Å²) in [6, 6.07) is 7.78. The van der Waals surface area contributed by atoms with Gasteiger partial charge < -0.3 is 20.2 Å². The van der Waals surface area contributed by atoms with Gasteiger partial charge in [0.15, 0.2) is 0 Å². The van der Waals surface area contributed by atoms with Crippen LogP contribution in [-0.2, 0) is 4.79 Å². The number of urea groups is 1. The van der Waals surface area contributed by atoms with Crippen LogP contribution >= 0.6 is 0 Å². The molecule has 2 aliphatic rings. The smallest absolute Gasteiger partial charge is 0.321 e. The molecule has 6 nitrogen and oxygen atoms in total. The summed E-state index contributed by atoms with van der Waals surface area (Å²) in [5, 5.41) is 12.1. The number of nitrogens with one attached hydrogen (secondary N) is 1. The fourth-order valence-electron chi connectivity index (χ4n) is 3.51. The van der Waals surface area contributed by atoms with E-state index in [-0.39, 0.29) is 11.9 Å². The van der Waals surface area contributed by atoms with Crippen molar-refractivity contribution in [2.75, 3.05) is 36.4 Å². The number of carbonyl (C=O) groups excluding carboxylic acids is 1. The van der Waals surface area contributed by atoms with E-state index >= 15 is 0 Å². The van der Waals surface area contributed by atoms with Crippen LogP contribution in [0.5, 0.6) is 0 Å². The molecule has 2 amide bonds. The Morgan fingerprint density at radius 1 is 1.00 bits per heavy atom. The number of carbonyl (C=O) groups is 2. The van der Waals surface area contributed by atoms with Gasteiger partial charge >= 0.3 is 12.0 Å². The molecule has 0 radical (unpaired) electrons. The number of nitrogens with zero attached hydrogens (tertiary/aromatic N) is 2. The molecule has 0 aromatic heterocycles. The van der Waals surface area contributed by atoms with Crippen LogP contribution in [0.2, 0.25) is 0 Å². The van der Waals surface area contributed by atoms with Gasteiger partial charge in [-0.05, 0) is 44.2 Å². The van der Waals surface area contributed by atoms with Crippen LogP contribution in [-0.4, -0.2) is 48.2 Å². The predicted molar refractivity (Wildman–Crippen MR) is 93.5 cm³/mol. The third kappa shape index (κ3) is 3.80. The Bertz CT molecular complexity index is 591. The molecule has 3 rings (SSSR count). The second-order valence-corrected chi connectivity index (χ2v) is 6.59. The van der Waals surface area contributed by atoms with E-state index in [1.54, 1.807) is 4.90 Å². The maximum absolute atomic E-state index is 12.5. The minimum Gasteiger partial charge on any atom is -0.481 e. The number of carboxylic acid groups (broad SMARTS) is 1. The molecule has 130 valence electrons. The van der Waals surface area contributed by atoms with Gasteiger partial charge in [-0.1, -0.05) is 12.1 Å². The maximum atomic E-state index is 12.5. The Hall–Kier alpha value is -2.24. The van der Waals surface area contributed by atoms with E-state index < -0.39 is 5.97 Å². The van der Waals surface area contributed by atoms with Crippen LogP contribution < -0.4 is 10.2 Å². The van der Waals surface area contributed by atoms with Gasteiger partial charge in [0.2, 0.25) is 0 Å². The zero-order chi connectivity index (χ0) is 16.9. The van der Waals surface area contributed by atoms with Gasteiger partial charge in [-0.3, -0.25) is 4.79 Å². The van der Waals surface area contributed by atoms with E-state index in [4.69, 9.17) is 5.11 Å². The monoisotopic (exact) mass is 331 g/mol. The van der Waals surface area contributed by atoms with Crippen molar-refractivity contribution in [3.05, 3.63) is 24.3 Å². The van der Waals surface area contributed by atoms with Gasteiger partial charge in [0, 0.05) is 26.2 Å². The number of amides is 2. The second-order valence-electron chi connectivity index (χ2n) is 6.59. The Kier molecular flexibility index (Phi) is 5.23. The SMILES string of the molecule is O=C(O)C1CCN(C(=O)Nc2ccccc2N2CCCCC2)CC1. The van der Waals surface area contributed by atoms with E-state index in [2.05, 4.69) is 16.3 Å². The van der Waals surface area contributed by atoms with Crippen molar-refractivity contribution in [3.8, 4) is 0 Å². The number of anilines is 2. The molecule has 0 bridgehead atoms. The Balaban J connectivity index is 1.63. The van der Waals surface area contributed by atoms with Gasteiger partial charge in [0.25, 0.3) is 0 Å². The summed E-state index contributed by atoms with van der Waals surface area (Å²) in [5.41, 5.74) is 1.91. The standard InChI is InChI=1S/C18H25N3O3/c22-17(23)14-8-12-21(13-9-14)18(24)19-15-6-2-3-7-16(15)20-10-4-1-5-11-20/h2-3,6-7,14H,1,4-5,8-13H2,(H,19,24)(H,22,23). The highest BCUT2D eigenvalue weighted by Gasteiger charge is 2.27. The summed E-state index contributed by atoms with van der Waals surface area (Å²) in [6.45, 7) is 3.04. The maximum Gasteiger partial charge on any atom is 0.321 e. The molecule has 1 aromatic rings. The predicted octanol–water partition coefficient (Wildman–Crippen LogP) is 3.01. The zero-order valence-corrected chi connectivity index (χ0v) is 13.9. The number of hydrogen-bond acceptors (Lipinski definition) is 3. The normalized spacial score (nSPS) is 19.2. The summed E-state index contributed by atoms with van der Waals surface area (Å²) in [6.07, 6.45) is 4.69. The average molecular weight is 331 g/mol. The van der Waals surface area contributed by atoms with Gasteiger partial charge in [-0.25, -0.2) is 4.79 Å². The van der Waals surface area contributed by atoms with E-state index in [0.717, 1.165) is 24.5 Å². The van der Waals surface area contributed by atoms with E-state index in [9.17, 15) is 9.59 Å². The molecule has 0 saturated carbocycles. The van der Waals surface area contributed by atoms with Crippen molar-refractivity contribution in [1.82, 2.24) is 4.90 Å². The van der Waals surface area contributed by atoms with Crippen LogP contribution in [0.25, 0.3) is 0 Å². The van der Waals surface area contributed by atoms with Crippen molar-refractivity contribution >= 4 is 23.4 Å². The van der Waals surface area contributed by atoms with Crippen LogP contribution in [0, 0.1) is 5.92 Å². The fraction of sp³-hybridized carbons (Fsp3) is 0.556. The van der Waals surface area contributed by atoms with Crippen molar-refractivity contribution in [1.29, 1.82) is 0 Å². The first-order valence-electron chi connectivity index (χ1n) is 8.78. The average Bonchev–Trinajstić information content (AvgIpc) is 2.63. The van der Waals surface area contributed by atoms with Crippen molar-refractivity contribution < 1.29 is 14.7 Å². The van der Waals surface area contributed by atoms with E-state index in [1.165, 1.54) is 19.3 Å². The fourth-order valence-corrected chi connectivity index (χ4v) is 3.51. The molecule has 2 aliphatic heterocycles. The number of likely N-dealkylation sites (tertiary alicyclic amines) is 1. The highest BCUT2D eigenvalue weighted by Crippen LogP contribution is 2.29. The van der Waals surface area contributed by atoms with Crippen LogP contribution in [0.15, 0.2) is 24.3 Å². The van der Waals surface area contributed by atoms with Gasteiger partial charge in [-0.15, -0.1) is 0 Å². The van der Waals surface area contributed by atoms with E-state index in [0.29, 0.717) is 25.9 Å². The number of benzene rings is 1. The first-order chi connectivity index (χ1) is 11.6. The lowest BCUT2D eigenvalue weighted by Crippen LogP contribution is -2.42. The minimum atomic E-state index is -0.759. The topological polar surface area (TPSA) is 72.9 Å². The highest BCUT2D eigenvalue weighted by molar-refractivity contribution is 5.93. The van der Waals surface area contributed by atoms with Crippen molar-refractivity contribution in [2.45, 2.75) is 32.1 Å². The number of hydrogen-bond donors (Lipinski definition) is 2. The second kappa shape index (κ2) is 7.55. The first kappa shape index (κ1) is 16.6. The quantitative estimate of drug-likeness (QED) is 0.893. The van der Waals surface area contributed by atoms with Crippen molar-refractivity contribution in [2.24, 2.45) is 5.92 Å². The molecular weight excluding hydrogens is 306 g/mol. The molecule has 0 aliphatic carbocycles. The molecule has 0 spiro atoms. The van der Waals surface area contributed by atoms with Gasteiger partial charge in [0.1, 0.15) is 0 Å². The lowest BCUT2D eigenvalue weighted by atomic mass is 9.97. The third-order valence-corrected chi connectivity index (χ3v) is 4.97. The van der Waals surface area contributed by atoms with Gasteiger partial charge in [0.05, 0.1) is 17.3 Å². The number of rotatable bonds is 3. The summed E-state index contributed by atoms with van der Waals surface area (Å²) >= 11 is 0. The molecule has 0 unspecified atom stereocenters. The number of piperidine rings is 2. The molecule has 2 N–H and O–H groups in total. The molecule has 2 heterocycles. The first-order valence-corrected chi connectivity index (χ1v) is 8.78. The molecule has 1 aromatic carbocycles. The molecule has 24 heavy (non-hydrogen) atoms. The Labute approximate surface area is 142 Å². The molecule has 6 heteroatoms. The summed E-state index contributed by atoms with van der Waals surface area (Å²) < 4.78 is 0. The van der Waals surface area contributed by atoms with Crippen molar-refractivity contribution in [3.63, 3.8) is 0 Å². The third-order valence-electron chi connectivity index (χ3n) is 4.97. The van der Waals surface area contributed by atoms with Crippen LogP contribution in [0.4, 0.5) is 16.2 Å². The Morgan fingerprint density at radius 2 is 1.67 bits per heavy atom. The highest BCUT2D eigenvalue weighted by atomic mass is 16.4. The molecule has 2 saturated heterocycles. The van der Waals surface area contributed by atoms with Crippen LogP contribution in [0.1, 0.15) is 32.1 Å². The zero-order valence-electron chi connectivity index (χ0n) is 13.9. The largest absolute Gasteiger partial charge is 0.481 e. The molecule has 0 atom stereocenters. The lowest BCUT2D eigenvalue weighted by Gasteiger charge is -2.32. The van der Waals surface area contributed by atoms with Crippen LogP contribution in [0.3, 0.4) is 0 Å². The minimum absolute atomic E-state index is 0.136. The Morgan fingerprint density at radius 3 is 2.33 bits per heavy atom.